The second-order valence-electron chi connectivity index (χ2n) is 3.53. The van der Waals surface area contributed by atoms with Crippen LogP contribution in [-0.4, -0.2) is 27.1 Å². The van der Waals surface area contributed by atoms with Crippen LogP contribution in [0.3, 0.4) is 0 Å². The zero-order valence-corrected chi connectivity index (χ0v) is 9.11. The molecule has 1 heterocycles. The van der Waals surface area contributed by atoms with Crippen molar-refractivity contribution in [1.82, 2.24) is 9.97 Å². The Morgan fingerprint density at radius 2 is 2.20 bits per heavy atom. The van der Waals surface area contributed by atoms with Gasteiger partial charge in [-0.3, -0.25) is 0 Å². The minimum atomic E-state index is -1.03. The number of aromatic carboxylic acids is 1. The number of rotatable bonds is 4. The van der Waals surface area contributed by atoms with Gasteiger partial charge in [-0.15, -0.1) is 0 Å². The highest BCUT2D eigenvalue weighted by molar-refractivity contribution is 5.85. The Morgan fingerprint density at radius 3 is 2.67 bits per heavy atom. The van der Waals surface area contributed by atoms with Gasteiger partial charge in [-0.1, -0.05) is 6.92 Å². The van der Waals surface area contributed by atoms with Crippen LogP contribution in [0.5, 0.6) is 0 Å². The first-order chi connectivity index (χ1) is 7.02. The number of carboxylic acids is 1. The first-order valence-electron chi connectivity index (χ1n) is 4.90. The third kappa shape index (κ3) is 3.19. The van der Waals surface area contributed by atoms with Gasteiger partial charge in [0, 0.05) is 11.7 Å². The summed E-state index contributed by atoms with van der Waals surface area (Å²) in [6, 6.07) is 1.67. The normalized spacial score (nSPS) is 10.4. The number of hydrogen-bond acceptors (Lipinski definition) is 4. The van der Waals surface area contributed by atoms with Gasteiger partial charge in [-0.2, -0.15) is 0 Å². The van der Waals surface area contributed by atoms with Gasteiger partial charge in [0.1, 0.15) is 0 Å². The van der Waals surface area contributed by atoms with E-state index < -0.39 is 5.97 Å². The lowest BCUT2D eigenvalue weighted by Crippen LogP contribution is -2.15. The van der Waals surface area contributed by atoms with E-state index in [-0.39, 0.29) is 11.7 Å². The van der Waals surface area contributed by atoms with Crippen LogP contribution >= 0.6 is 0 Å². The molecule has 1 aromatic heterocycles. The summed E-state index contributed by atoms with van der Waals surface area (Å²) in [6.07, 6.45) is 0.690. The largest absolute Gasteiger partial charge is 0.477 e. The summed E-state index contributed by atoms with van der Waals surface area (Å²) in [5.74, 6) is -0.652. The molecule has 5 nitrogen and oxygen atoms in total. The van der Waals surface area contributed by atoms with Crippen molar-refractivity contribution < 1.29 is 9.90 Å². The molecule has 0 aliphatic heterocycles. The van der Waals surface area contributed by atoms with Gasteiger partial charge in [-0.25, -0.2) is 14.8 Å². The van der Waals surface area contributed by atoms with Gasteiger partial charge in [0.2, 0.25) is 5.95 Å². The number of anilines is 1. The average Bonchev–Trinajstić information content (AvgIpc) is 2.16. The van der Waals surface area contributed by atoms with Crippen molar-refractivity contribution in [3.63, 3.8) is 0 Å². The van der Waals surface area contributed by atoms with E-state index >= 15 is 0 Å². The van der Waals surface area contributed by atoms with Crippen molar-refractivity contribution in [1.29, 1.82) is 0 Å². The zero-order valence-electron chi connectivity index (χ0n) is 9.11. The summed E-state index contributed by atoms with van der Waals surface area (Å²) in [5, 5.41) is 11.8. The number of carboxylic acid groups (broad SMARTS) is 1. The predicted octanol–water partition coefficient (Wildman–Crippen LogP) is 1.56. The maximum atomic E-state index is 10.8. The van der Waals surface area contributed by atoms with Crippen molar-refractivity contribution in [2.45, 2.75) is 33.2 Å². The molecule has 0 atom stereocenters. The Labute approximate surface area is 88.6 Å². The van der Waals surface area contributed by atoms with Crippen LogP contribution in [0.1, 0.15) is 37.0 Å². The number of aryl methyl sites for hydroxylation is 1. The van der Waals surface area contributed by atoms with E-state index in [4.69, 9.17) is 5.11 Å². The third-order valence-electron chi connectivity index (χ3n) is 1.78. The summed E-state index contributed by atoms with van der Waals surface area (Å²) in [5.41, 5.74) is 0.760. The molecule has 0 saturated carbocycles. The highest BCUT2D eigenvalue weighted by Crippen LogP contribution is 2.07. The number of nitrogens with one attached hydrogen (secondary N) is 1. The van der Waals surface area contributed by atoms with Crippen LogP contribution in [0.4, 0.5) is 5.95 Å². The fourth-order valence-electron chi connectivity index (χ4n) is 1.11. The maximum absolute atomic E-state index is 10.8. The molecule has 0 saturated heterocycles. The van der Waals surface area contributed by atoms with Gasteiger partial charge < -0.3 is 10.4 Å². The molecule has 0 aliphatic rings. The van der Waals surface area contributed by atoms with E-state index in [1.807, 2.05) is 20.8 Å². The van der Waals surface area contributed by atoms with Crippen LogP contribution in [-0.2, 0) is 6.42 Å². The highest BCUT2D eigenvalue weighted by atomic mass is 16.4. The Morgan fingerprint density at radius 1 is 1.53 bits per heavy atom. The molecule has 0 spiro atoms. The molecule has 0 unspecified atom stereocenters. The molecule has 1 rings (SSSR count). The molecule has 0 amide bonds. The molecule has 15 heavy (non-hydrogen) atoms. The minimum absolute atomic E-state index is 0.0324. The van der Waals surface area contributed by atoms with Gasteiger partial charge in [0.15, 0.2) is 5.69 Å². The third-order valence-corrected chi connectivity index (χ3v) is 1.78. The molecule has 0 aromatic carbocycles. The van der Waals surface area contributed by atoms with Crippen molar-refractivity contribution in [3.05, 3.63) is 17.5 Å². The van der Waals surface area contributed by atoms with Crippen molar-refractivity contribution in [3.8, 4) is 0 Å². The van der Waals surface area contributed by atoms with Crippen molar-refractivity contribution in [2.75, 3.05) is 5.32 Å². The summed E-state index contributed by atoms with van der Waals surface area (Å²) in [6.45, 7) is 5.82. The lowest BCUT2D eigenvalue weighted by Gasteiger charge is -2.09. The highest BCUT2D eigenvalue weighted by Gasteiger charge is 2.09. The molecule has 0 radical (unpaired) electrons. The fourth-order valence-corrected chi connectivity index (χ4v) is 1.11. The van der Waals surface area contributed by atoms with Crippen molar-refractivity contribution >= 4 is 11.9 Å². The van der Waals surface area contributed by atoms with E-state index in [2.05, 4.69) is 15.3 Å². The number of aromatic nitrogens is 2. The van der Waals surface area contributed by atoms with Gasteiger partial charge in [-0.05, 0) is 26.3 Å². The smallest absolute Gasteiger partial charge is 0.354 e. The van der Waals surface area contributed by atoms with E-state index in [0.29, 0.717) is 12.4 Å². The number of hydrogen-bond donors (Lipinski definition) is 2. The standard InChI is InChI=1S/C10H15N3O2/c1-4-7-5-8(9(14)15)13-10(12-7)11-6(2)3/h5-6H,4H2,1-3H3,(H,14,15)(H,11,12,13). The molecule has 0 fully saturated rings. The molecule has 2 N–H and O–H groups in total. The van der Waals surface area contributed by atoms with Crippen LogP contribution in [0, 0.1) is 0 Å². The minimum Gasteiger partial charge on any atom is -0.477 e. The molecule has 1 aromatic rings. The zero-order chi connectivity index (χ0) is 11.4. The summed E-state index contributed by atoms with van der Waals surface area (Å²) in [4.78, 5) is 18.9. The topological polar surface area (TPSA) is 75.1 Å². The summed E-state index contributed by atoms with van der Waals surface area (Å²) < 4.78 is 0. The van der Waals surface area contributed by atoms with Gasteiger partial charge in [0.25, 0.3) is 0 Å². The first kappa shape index (κ1) is 11.4. The van der Waals surface area contributed by atoms with E-state index in [9.17, 15) is 4.79 Å². The SMILES string of the molecule is CCc1cc(C(=O)O)nc(NC(C)C)n1. The second kappa shape index (κ2) is 4.72. The lowest BCUT2D eigenvalue weighted by atomic mass is 10.3. The molecule has 5 heteroatoms. The van der Waals surface area contributed by atoms with Gasteiger partial charge in [0.05, 0.1) is 0 Å². The van der Waals surface area contributed by atoms with Gasteiger partial charge >= 0.3 is 5.97 Å². The monoisotopic (exact) mass is 209 g/mol. The van der Waals surface area contributed by atoms with E-state index in [0.717, 1.165) is 5.69 Å². The Kier molecular flexibility index (Phi) is 3.60. The van der Waals surface area contributed by atoms with Crippen molar-refractivity contribution in [2.24, 2.45) is 0 Å². The Hall–Kier alpha value is -1.65. The Bertz CT molecular complexity index is 364. The molecular weight excluding hydrogens is 194 g/mol. The number of nitrogens with zero attached hydrogens (tertiary/aromatic N) is 2. The van der Waals surface area contributed by atoms with Crippen LogP contribution in [0.2, 0.25) is 0 Å². The van der Waals surface area contributed by atoms with Crippen LogP contribution in [0.25, 0.3) is 0 Å². The molecule has 0 aliphatic carbocycles. The van der Waals surface area contributed by atoms with Crippen LogP contribution in [0.15, 0.2) is 6.07 Å². The molecule has 82 valence electrons. The lowest BCUT2D eigenvalue weighted by molar-refractivity contribution is 0.0690. The maximum Gasteiger partial charge on any atom is 0.354 e. The summed E-state index contributed by atoms with van der Waals surface area (Å²) in [7, 11) is 0. The first-order valence-corrected chi connectivity index (χ1v) is 4.90. The Balaban J connectivity index is 3.05. The van der Waals surface area contributed by atoms with Crippen LogP contribution < -0.4 is 5.32 Å². The molecular formula is C10H15N3O2. The predicted molar refractivity (Wildman–Crippen MR) is 57.1 cm³/mol. The quantitative estimate of drug-likeness (QED) is 0.787. The fraction of sp³-hybridized carbons (Fsp3) is 0.500. The van der Waals surface area contributed by atoms with E-state index in [1.54, 1.807) is 0 Å². The molecule has 0 bridgehead atoms. The summed E-state index contributed by atoms with van der Waals surface area (Å²) >= 11 is 0. The second-order valence-corrected chi connectivity index (χ2v) is 3.53. The number of carbonyl (C=O) groups is 1. The van der Waals surface area contributed by atoms with E-state index in [1.165, 1.54) is 6.07 Å². The average molecular weight is 209 g/mol.